The summed E-state index contributed by atoms with van der Waals surface area (Å²) >= 11 is 11.7. The molecule has 5 atom stereocenters. The molecule has 2 amide bonds. The Morgan fingerprint density at radius 2 is 1.55 bits per heavy atom. The van der Waals surface area contributed by atoms with Gasteiger partial charge in [0.1, 0.15) is 12.7 Å². The number of alkyl halides is 3. The van der Waals surface area contributed by atoms with Crippen molar-refractivity contribution < 1.29 is 42.5 Å². The third kappa shape index (κ3) is 11.0. The maximum atomic E-state index is 15.3. The molecule has 1 saturated heterocycles. The average molecular weight is 608 g/mol. The van der Waals surface area contributed by atoms with Crippen LogP contribution in [0.5, 0.6) is 0 Å². The van der Waals surface area contributed by atoms with E-state index in [0.717, 1.165) is 32.0 Å². The number of anilines is 1. The minimum absolute atomic E-state index is 0.280. The van der Waals surface area contributed by atoms with Crippen molar-refractivity contribution in [3.63, 3.8) is 0 Å². The fraction of sp³-hybridized carbons (Fsp3) is 0.615. The molecule has 0 radical (unpaired) electrons. The van der Waals surface area contributed by atoms with Gasteiger partial charge < -0.3 is 34.5 Å². The standard InChI is InChI=1S/C26H36Cl2FN3O8/c1-16(33)37-15-21-23(38-17(2)34)24(39-18(3)35)22(29)25(40-21)31-26(36)30-12-4-5-19-6-8-20(9-7-19)32(13-10-27)14-11-28/h6-9,21-25H,4-5,10-15H2,1-3H3,(H2,30,31,36)/t21-,22+,23-,24-,25-/m1/s1. The monoisotopic (exact) mass is 607 g/mol. The molecular weight excluding hydrogens is 572 g/mol. The van der Waals surface area contributed by atoms with Gasteiger partial charge in [0.15, 0.2) is 24.6 Å². The molecule has 1 aliphatic heterocycles. The van der Waals surface area contributed by atoms with Crippen LogP contribution in [0.2, 0.25) is 0 Å². The highest BCUT2D eigenvalue weighted by molar-refractivity contribution is 6.18. The van der Waals surface area contributed by atoms with Crippen molar-refractivity contribution >= 4 is 52.8 Å². The zero-order valence-electron chi connectivity index (χ0n) is 22.7. The number of carbonyl (C=O) groups is 4. The summed E-state index contributed by atoms with van der Waals surface area (Å²) in [6, 6.07) is 7.24. The fourth-order valence-electron chi connectivity index (χ4n) is 4.13. The second-order valence-electron chi connectivity index (χ2n) is 9.03. The molecule has 14 heteroatoms. The number of carbonyl (C=O) groups excluding carboxylic acids is 4. The number of aryl methyl sites for hydroxylation is 1. The maximum Gasteiger partial charge on any atom is 0.316 e. The van der Waals surface area contributed by atoms with Gasteiger partial charge in [-0.05, 0) is 30.5 Å². The van der Waals surface area contributed by atoms with Gasteiger partial charge in [-0.15, -0.1) is 23.2 Å². The zero-order valence-corrected chi connectivity index (χ0v) is 24.2. The van der Waals surface area contributed by atoms with E-state index in [-0.39, 0.29) is 6.54 Å². The second-order valence-corrected chi connectivity index (χ2v) is 9.78. The van der Waals surface area contributed by atoms with E-state index < -0.39 is 61.3 Å². The Labute approximate surface area is 242 Å². The molecule has 224 valence electrons. The highest BCUT2D eigenvalue weighted by Crippen LogP contribution is 2.28. The maximum absolute atomic E-state index is 15.3. The van der Waals surface area contributed by atoms with Crippen molar-refractivity contribution in [1.82, 2.24) is 10.6 Å². The molecule has 1 aromatic rings. The number of hydrogen-bond donors (Lipinski definition) is 2. The molecule has 1 fully saturated rings. The van der Waals surface area contributed by atoms with Crippen LogP contribution in [0.1, 0.15) is 32.8 Å². The van der Waals surface area contributed by atoms with Crippen molar-refractivity contribution in [3.8, 4) is 0 Å². The molecule has 0 aromatic heterocycles. The lowest BCUT2D eigenvalue weighted by molar-refractivity contribution is -0.238. The SMILES string of the molecule is CC(=O)OC[C@H]1O[C@@H](NC(=O)NCCCc2ccc(N(CCCl)CCCl)cc2)[C@@H](F)[C@@H](OC(C)=O)[C@@H]1OC(C)=O. The number of amides is 2. The van der Waals surface area contributed by atoms with Crippen LogP contribution < -0.4 is 15.5 Å². The van der Waals surface area contributed by atoms with Gasteiger partial charge in [-0.25, -0.2) is 9.18 Å². The molecule has 0 bridgehead atoms. The van der Waals surface area contributed by atoms with Gasteiger partial charge >= 0.3 is 23.9 Å². The number of nitrogens with zero attached hydrogens (tertiary/aromatic N) is 1. The number of hydrogen-bond acceptors (Lipinski definition) is 9. The van der Waals surface area contributed by atoms with E-state index in [1.807, 2.05) is 24.3 Å². The first-order chi connectivity index (χ1) is 19.0. The van der Waals surface area contributed by atoms with Crippen LogP contribution in [0.4, 0.5) is 14.9 Å². The summed E-state index contributed by atoms with van der Waals surface area (Å²) in [5.74, 6) is -1.29. The number of benzene rings is 1. The Hall–Kier alpha value is -2.83. The molecule has 2 rings (SSSR count). The minimum Gasteiger partial charge on any atom is -0.463 e. The first-order valence-electron chi connectivity index (χ1n) is 12.8. The van der Waals surface area contributed by atoms with Crippen LogP contribution in [0, 0.1) is 0 Å². The lowest BCUT2D eigenvalue weighted by atomic mass is 9.98. The number of rotatable bonds is 14. The summed E-state index contributed by atoms with van der Waals surface area (Å²) in [5.41, 5.74) is 2.09. The van der Waals surface area contributed by atoms with Crippen molar-refractivity contribution in [2.45, 2.75) is 64.3 Å². The molecule has 0 saturated carbocycles. The fourth-order valence-corrected chi connectivity index (χ4v) is 4.54. The summed E-state index contributed by atoms with van der Waals surface area (Å²) < 4.78 is 36.0. The Morgan fingerprint density at radius 3 is 2.10 bits per heavy atom. The first kappa shape index (κ1) is 33.4. The van der Waals surface area contributed by atoms with Crippen molar-refractivity contribution in [1.29, 1.82) is 0 Å². The van der Waals surface area contributed by atoms with Crippen molar-refractivity contribution in [2.24, 2.45) is 0 Å². The van der Waals surface area contributed by atoms with Gasteiger partial charge in [-0.1, -0.05) is 12.1 Å². The van der Waals surface area contributed by atoms with E-state index in [1.54, 1.807) is 0 Å². The molecule has 11 nitrogen and oxygen atoms in total. The topological polar surface area (TPSA) is 132 Å². The molecule has 1 heterocycles. The van der Waals surface area contributed by atoms with Crippen molar-refractivity contribution in [3.05, 3.63) is 29.8 Å². The van der Waals surface area contributed by atoms with Gasteiger partial charge in [0.2, 0.25) is 0 Å². The predicted molar refractivity (Wildman–Crippen MR) is 146 cm³/mol. The number of urea groups is 1. The minimum atomic E-state index is -2.08. The number of nitrogens with one attached hydrogen (secondary N) is 2. The Kier molecular flexibility index (Phi) is 14.3. The third-order valence-electron chi connectivity index (χ3n) is 5.88. The zero-order chi connectivity index (χ0) is 29.7. The Morgan fingerprint density at radius 1 is 0.950 bits per heavy atom. The van der Waals surface area contributed by atoms with E-state index in [0.29, 0.717) is 37.7 Å². The summed E-state index contributed by atoms with van der Waals surface area (Å²) in [4.78, 5) is 49.1. The van der Waals surface area contributed by atoms with Crippen molar-refractivity contribution in [2.75, 3.05) is 42.9 Å². The molecule has 0 aliphatic carbocycles. The van der Waals surface area contributed by atoms with Gasteiger partial charge in [0, 0.05) is 57.9 Å². The van der Waals surface area contributed by atoms with Gasteiger partial charge in [0.25, 0.3) is 0 Å². The van der Waals surface area contributed by atoms with E-state index in [4.69, 9.17) is 42.1 Å². The Balaban J connectivity index is 1.94. The number of esters is 3. The average Bonchev–Trinajstić information content (AvgIpc) is 2.89. The van der Waals surface area contributed by atoms with Crippen LogP contribution in [0.15, 0.2) is 24.3 Å². The summed E-state index contributed by atoms with van der Waals surface area (Å²) in [6.45, 7) is 4.54. The predicted octanol–water partition coefficient (Wildman–Crippen LogP) is 2.69. The lowest BCUT2D eigenvalue weighted by Crippen LogP contribution is -2.64. The first-order valence-corrected chi connectivity index (χ1v) is 13.9. The molecular formula is C26H36Cl2FN3O8. The van der Waals surface area contributed by atoms with Crippen LogP contribution in [-0.2, 0) is 39.8 Å². The van der Waals surface area contributed by atoms with Gasteiger partial charge in [0.05, 0.1) is 0 Å². The number of halogens is 3. The van der Waals surface area contributed by atoms with E-state index in [1.165, 1.54) is 0 Å². The summed E-state index contributed by atoms with van der Waals surface area (Å²) in [7, 11) is 0. The molecule has 1 aliphatic rings. The summed E-state index contributed by atoms with van der Waals surface area (Å²) in [6.07, 6.45) is -6.59. The molecule has 40 heavy (non-hydrogen) atoms. The highest BCUT2D eigenvalue weighted by Gasteiger charge is 2.51. The van der Waals surface area contributed by atoms with Crippen LogP contribution in [-0.4, -0.2) is 92.7 Å². The number of ether oxygens (including phenoxy) is 4. The Bertz CT molecular complexity index is 981. The lowest BCUT2D eigenvalue weighted by Gasteiger charge is -2.42. The molecule has 0 unspecified atom stereocenters. The van der Waals surface area contributed by atoms with Crippen LogP contribution in [0.3, 0.4) is 0 Å². The smallest absolute Gasteiger partial charge is 0.316 e. The quantitative estimate of drug-likeness (QED) is 0.142. The molecule has 2 N–H and O–H groups in total. The van der Waals surface area contributed by atoms with Gasteiger partial charge in [-0.2, -0.15) is 0 Å². The molecule has 0 spiro atoms. The largest absolute Gasteiger partial charge is 0.463 e. The van der Waals surface area contributed by atoms with Gasteiger partial charge in [-0.3, -0.25) is 14.4 Å². The second kappa shape index (κ2) is 17.1. The van der Waals surface area contributed by atoms with E-state index in [9.17, 15) is 19.2 Å². The normalized spacial score (nSPS) is 22.1. The van der Waals surface area contributed by atoms with Crippen LogP contribution >= 0.6 is 23.2 Å². The van der Waals surface area contributed by atoms with Crippen LogP contribution in [0.25, 0.3) is 0 Å². The highest BCUT2D eigenvalue weighted by atomic mass is 35.5. The molecule has 1 aromatic carbocycles. The van der Waals surface area contributed by atoms with E-state index in [2.05, 4.69) is 15.5 Å². The van der Waals surface area contributed by atoms with E-state index >= 15 is 4.39 Å². The summed E-state index contributed by atoms with van der Waals surface area (Å²) in [5, 5.41) is 4.99. The third-order valence-corrected chi connectivity index (χ3v) is 6.22.